The molecule has 0 bridgehead atoms. The Kier molecular flexibility index (Phi) is 9.05. The standard InChI is InChI=1S/C40H36N2O7/c1-24-6-20-33(25(2)49-46)35(22-24)37(43)41-28-11-13-29(14-12-28)42-38(44)34-21-19-32(23-36(34)39(42)45)48-31-17-9-27(10-18-31)40(3,4)26-7-15-30(47-5)16-8-26/h6-23,25,46H,1-5H3,(H,41,43)/t25-/m0/s1. The summed E-state index contributed by atoms with van der Waals surface area (Å²) in [5, 5.41) is 12.0. The van der Waals surface area contributed by atoms with Crippen molar-refractivity contribution in [2.75, 3.05) is 17.3 Å². The summed E-state index contributed by atoms with van der Waals surface area (Å²) in [5.74, 6) is 0.519. The molecule has 0 aliphatic carbocycles. The highest BCUT2D eigenvalue weighted by atomic mass is 17.1. The first-order valence-corrected chi connectivity index (χ1v) is 15.8. The van der Waals surface area contributed by atoms with Crippen molar-refractivity contribution < 1.29 is 34.0 Å². The third-order valence-corrected chi connectivity index (χ3v) is 8.91. The number of amides is 3. The Hall–Kier alpha value is -5.77. The van der Waals surface area contributed by atoms with E-state index in [0.717, 1.165) is 27.3 Å². The van der Waals surface area contributed by atoms with Crippen molar-refractivity contribution in [2.45, 2.75) is 39.2 Å². The van der Waals surface area contributed by atoms with Gasteiger partial charge in [0.2, 0.25) is 0 Å². The van der Waals surface area contributed by atoms with Crippen LogP contribution in [0.4, 0.5) is 11.4 Å². The highest BCUT2D eigenvalue weighted by Gasteiger charge is 2.37. The Morgan fingerprint density at radius 3 is 1.96 bits per heavy atom. The second-order valence-corrected chi connectivity index (χ2v) is 12.5. The number of rotatable bonds is 10. The summed E-state index contributed by atoms with van der Waals surface area (Å²) < 4.78 is 11.4. The molecule has 5 aromatic rings. The molecule has 0 aromatic heterocycles. The highest BCUT2D eigenvalue weighted by molar-refractivity contribution is 6.34. The van der Waals surface area contributed by atoms with Crippen LogP contribution in [-0.4, -0.2) is 30.1 Å². The van der Waals surface area contributed by atoms with Crippen molar-refractivity contribution in [3.05, 3.63) is 148 Å². The summed E-state index contributed by atoms with van der Waals surface area (Å²) in [6.07, 6.45) is -0.702. The van der Waals surface area contributed by atoms with Crippen LogP contribution in [0.15, 0.2) is 109 Å². The van der Waals surface area contributed by atoms with Crippen LogP contribution in [0, 0.1) is 6.92 Å². The van der Waals surface area contributed by atoms with Gasteiger partial charge in [-0.1, -0.05) is 55.8 Å². The summed E-state index contributed by atoms with van der Waals surface area (Å²) in [6, 6.07) is 32.4. The lowest BCUT2D eigenvalue weighted by Crippen LogP contribution is -2.29. The number of ether oxygens (including phenoxy) is 2. The van der Waals surface area contributed by atoms with E-state index in [9.17, 15) is 14.4 Å². The van der Waals surface area contributed by atoms with Crippen molar-refractivity contribution in [3.8, 4) is 17.2 Å². The number of imide groups is 1. The average molecular weight is 657 g/mol. The van der Waals surface area contributed by atoms with E-state index in [4.69, 9.17) is 14.7 Å². The van der Waals surface area contributed by atoms with E-state index in [1.54, 1.807) is 68.6 Å². The number of anilines is 2. The minimum absolute atomic E-state index is 0.240. The van der Waals surface area contributed by atoms with E-state index < -0.39 is 17.9 Å². The number of aryl methyl sites for hydroxylation is 1. The minimum Gasteiger partial charge on any atom is -0.497 e. The maximum Gasteiger partial charge on any atom is 0.266 e. The molecule has 1 atom stereocenters. The second kappa shape index (κ2) is 13.4. The van der Waals surface area contributed by atoms with Gasteiger partial charge in [-0.25, -0.2) is 9.79 Å². The molecule has 0 saturated heterocycles. The molecule has 5 aromatic carbocycles. The summed E-state index contributed by atoms with van der Waals surface area (Å²) in [5.41, 5.74) is 5.10. The minimum atomic E-state index is -0.702. The van der Waals surface area contributed by atoms with Crippen molar-refractivity contribution in [3.63, 3.8) is 0 Å². The van der Waals surface area contributed by atoms with Crippen molar-refractivity contribution in [1.29, 1.82) is 0 Å². The zero-order valence-electron chi connectivity index (χ0n) is 27.8. The molecule has 248 valence electrons. The Morgan fingerprint density at radius 2 is 1.35 bits per heavy atom. The van der Waals surface area contributed by atoms with Gasteiger partial charge in [0.05, 0.1) is 23.9 Å². The predicted octanol–water partition coefficient (Wildman–Crippen LogP) is 8.73. The summed E-state index contributed by atoms with van der Waals surface area (Å²) in [7, 11) is 1.65. The first-order valence-electron chi connectivity index (χ1n) is 15.8. The van der Waals surface area contributed by atoms with Crippen LogP contribution in [0.1, 0.15) is 80.2 Å². The van der Waals surface area contributed by atoms with Gasteiger partial charge < -0.3 is 14.8 Å². The Bertz CT molecular complexity index is 2040. The fourth-order valence-corrected chi connectivity index (χ4v) is 5.94. The number of methoxy groups -OCH3 is 1. The number of carbonyl (C=O) groups excluding carboxylic acids is 3. The quantitative estimate of drug-likeness (QED) is 0.0878. The third kappa shape index (κ3) is 6.54. The summed E-state index contributed by atoms with van der Waals surface area (Å²) >= 11 is 0. The van der Waals surface area contributed by atoms with Crippen LogP contribution < -0.4 is 19.7 Å². The van der Waals surface area contributed by atoms with Crippen molar-refractivity contribution in [2.24, 2.45) is 0 Å². The van der Waals surface area contributed by atoms with E-state index in [0.29, 0.717) is 34.0 Å². The van der Waals surface area contributed by atoms with Crippen molar-refractivity contribution in [1.82, 2.24) is 0 Å². The Morgan fingerprint density at radius 1 is 0.755 bits per heavy atom. The Balaban J connectivity index is 1.14. The van der Waals surface area contributed by atoms with Crippen LogP contribution in [-0.2, 0) is 10.3 Å². The van der Waals surface area contributed by atoms with Gasteiger partial charge in [-0.05, 0) is 103 Å². The fraction of sp³-hybridized carbons (Fsp3) is 0.175. The monoisotopic (exact) mass is 656 g/mol. The molecular weight excluding hydrogens is 620 g/mol. The van der Waals surface area contributed by atoms with E-state index in [-0.39, 0.29) is 22.4 Å². The SMILES string of the molecule is COc1ccc(C(C)(C)c2ccc(Oc3ccc4c(c3)C(=O)N(c3ccc(NC(=O)c5cc(C)ccc5[C@H](C)OO)cc3)C4=O)cc2)cc1. The van der Waals surface area contributed by atoms with E-state index in [1.807, 2.05) is 49.4 Å². The smallest absolute Gasteiger partial charge is 0.266 e. The molecule has 3 amide bonds. The van der Waals surface area contributed by atoms with Gasteiger partial charge >= 0.3 is 0 Å². The van der Waals surface area contributed by atoms with Crippen molar-refractivity contribution >= 4 is 29.1 Å². The van der Waals surface area contributed by atoms with Gasteiger partial charge in [0, 0.05) is 16.7 Å². The number of nitrogens with one attached hydrogen (secondary N) is 1. The first-order chi connectivity index (χ1) is 23.5. The predicted molar refractivity (Wildman–Crippen MR) is 187 cm³/mol. The molecule has 0 unspecified atom stereocenters. The van der Waals surface area contributed by atoms with Crippen LogP contribution in [0.3, 0.4) is 0 Å². The molecule has 0 saturated carbocycles. The molecule has 9 heteroatoms. The molecule has 0 fully saturated rings. The first kappa shape index (κ1) is 33.1. The molecule has 0 spiro atoms. The van der Waals surface area contributed by atoms with Crippen LogP contribution >= 0.6 is 0 Å². The second-order valence-electron chi connectivity index (χ2n) is 12.5. The molecular formula is C40H36N2O7. The molecule has 0 radical (unpaired) electrons. The van der Waals surface area contributed by atoms with Crippen LogP contribution in [0.5, 0.6) is 17.2 Å². The number of carbonyl (C=O) groups is 3. The third-order valence-electron chi connectivity index (χ3n) is 8.91. The highest BCUT2D eigenvalue weighted by Crippen LogP contribution is 2.36. The number of benzene rings is 5. The maximum absolute atomic E-state index is 13.5. The molecule has 1 aliphatic heterocycles. The molecule has 1 aliphatic rings. The lowest BCUT2D eigenvalue weighted by Gasteiger charge is -2.26. The molecule has 9 nitrogen and oxygen atoms in total. The van der Waals surface area contributed by atoms with Crippen LogP contribution in [0.2, 0.25) is 0 Å². The fourth-order valence-electron chi connectivity index (χ4n) is 5.94. The molecule has 1 heterocycles. The number of hydrogen-bond donors (Lipinski definition) is 2. The lowest BCUT2D eigenvalue weighted by molar-refractivity contribution is -0.277. The van der Waals surface area contributed by atoms with E-state index >= 15 is 0 Å². The topological polar surface area (TPSA) is 114 Å². The zero-order chi connectivity index (χ0) is 34.9. The number of fused-ring (bicyclic) bond motifs is 1. The Labute approximate surface area is 284 Å². The number of nitrogens with zero attached hydrogens (tertiary/aromatic N) is 1. The van der Waals surface area contributed by atoms with Gasteiger partial charge in [0.25, 0.3) is 17.7 Å². The number of hydrogen-bond acceptors (Lipinski definition) is 7. The maximum atomic E-state index is 13.5. The van der Waals surface area contributed by atoms with Gasteiger partial charge in [-0.15, -0.1) is 0 Å². The normalized spacial score (nSPS) is 13.2. The van der Waals surface area contributed by atoms with Gasteiger partial charge in [-0.2, -0.15) is 0 Å². The summed E-state index contributed by atoms with van der Waals surface area (Å²) in [6.45, 7) is 7.80. The van der Waals surface area contributed by atoms with E-state index in [2.05, 4.69) is 36.2 Å². The van der Waals surface area contributed by atoms with Gasteiger partial charge in [0.1, 0.15) is 23.4 Å². The molecule has 6 rings (SSSR count). The van der Waals surface area contributed by atoms with E-state index in [1.165, 1.54) is 0 Å². The summed E-state index contributed by atoms with van der Waals surface area (Å²) in [4.78, 5) is 45.5. The molecule has 2 N–H and O–H groups in total. The lowest BCUT2D eigenvalue weighted by atomic mass is 9.78. The zero-order valence-corrected chi connectivity index (χ0v) is 27.8. The largest absolute Gasteiger partial charge is 0.497 e. The van der Waals surface area contributed by atoms with Gasteiger partial charge in [0.15, 0.2) is 0 Å². The average Bonchev–Trinajstić information content (AvgIpc) is 3.36. The van der Waals surface area contributed by atoms with Gasteiger partial charge in [-0.3, -0.25) is 19.6 Å². The molecule has 49 heavy (non-hydrogen) atoms. The van der Waals surface area contributed by atoms with Crippen LogP contribution in [0.25, 0.3) is 0 Å².